The highest BCUT2D eigenvalue weighted by atomic mass is 32.2. The third-order valence-electron chi connectivity index (χ3n) is 7.46. The van der Waals surface area contributed by atoms with Crippen LogP contribution in [0.2, 0.25) is 36.3 Å². The molecule has 9 heteroatoms. The molecule has 0 aliphatic carbocycles. The number of nitrogens with one attached hydrogen (secondary N) is 1. The van der Waals surface area contributed by atoms with Gasteiger partial charge in [-0.2, -0.15) is 0 Å². The molecular weight excluding hydrogens is 507 g/mol. The first kappa shape index (κ1) is 32.6. The lowest BCUT2D eigenvalue weighted by Gasteiger charge is -2.45. The molecule has 0 saturated heterocycles. The monoisotopic (exact) mass is 553 g/mol. The van der Waals surface area contributed by atoms with E-state index in [0.29, 0.717) is 5.75 Å². The summed E-state index contributed by atoms with van der Waals surface area (Å²) >= 11 is 0. The molecule has 0 fully saturated rings. The number of ether oxygens (including phenoxy) is 1. The van der Waals surface area contributed by atoms with E-state index in [2.05, 4.69) is 85.0 Å². The van der Waals surface area contributed by atoms with Gasteiger partial charge in [0, 0.05) is 6.42 Å². The molecule has 1 rings (SSSR count). The van der Waals surface area contributed by atoms with Crippen molar-refractivity contribution in [1.29, 1.82) is 0 Å². The van der Waals surface area contributed by atoms with Crippen LogP contribution in [-0.2, 0) is 18.9 Å². The normalized spacial score (nSPS) is 16.1. The highest BCUT2D eigenvalue weighted by molar-refractivity contribution is 7.89. The van der Waals surface area contributed by atoms with Crippen LogP contribution in [0, 0.1) is 12.3 Å². The Balaban J connectivity index is 3.61. The number of rotatable bonds is 12. The Morgan fingerprint density at radius 3 is 1.86 bits per heavy atom. The van der Waals surface area contributed by atoms with Crippen LogP contribution >= 0.6 is 0 Å². The molecule has 0 aliphatic heterocycles. The Morgan fingerprint density at radius 1 is 1.00 bits per heavy atom. The molecule has 0 heterocycles. The topological polar surface area (TPSA) is 73.9 Å². The molecule has 0 unspecified atom stereocenters. The lowest BCUT2D eigenvalue weighted by molar-refractivity contribution is 0.0849. The second kappa shape index (κ2) is 12.0. The largest absolute Gasteiger partial charge is 0.497 e. The number of hydrogen-bond acceptors (Lipinski definition) is 5. The highest BCUT2D eigenvalue weighted by Gasteiger charge is 2.45. The Hall–Kier alpha value is -1.42. The summed E-state index contributed by atoms with van der Waals surface area (Å²) in [6, 6.07) is 5.49. The Bertz CT molecular complexity index is 1020. The van der Waals surface area contributed by atoms with Crippen molar-refractivity contribution in [2.24, 2.45) is 0 Å². The molecule has 1 N–H and O–H groups in total. The standard InChI is InChI=1S/C27H47NO5SSi2/c1-14-16-24(33-36(12,13)27(6,7)8)25(23(15-2)32-35(10,11)26(3,4)5)28-34(29,30)22-19-17-21(31-9)18-20-22/h1,15,17-20,23-25,28H,2,16H2,3-13H3/t23-,24-,25-/m1/s1. The highest BCUT2D eigenvalue weighted by Crippen LogP contribution is 2.40. The Morgan fingerprint density at radius 2 is 1.47 bits per heavy atom. The minimum atomic E-state index is -3.94. The van der Waals surface area contributed by atoms with Crippen molar-refractivity contribution in [2.45, 2.75) is 107 Å². The van der Waals surface area contributed by atoms with Crippen molar-refractivity contribution in [3.05, 3.63) is 36.9 Å². The fourth-order valence-corrected chi connectivity index (χ4v) is 6.95. The van der Waals surface area contributed by atoms with Gasteiger partial charge in [0.25, 0.3) is 0 Å². The van der Waals surface area contributed by atoms with Crippen LogP contribution in [0.15, 0.2) is 41.8 Å². The van der Waals surface area contributed by atoms with E-state index in [4.69, 9.17) is 20.0 Å². The zero-order valence-corrected chi connectivity index (χ0v) is 26.9. The van der Waals surface area contributed by atoms with Gasteiger partial charge in [0.2, 0.25) is 10.0 Å². The maximum atomic E-state index is 13.6. The molecule has 6 nitrogen and oxygen atoms in total. The molecule has 0 aromatic heterocycles. The summed E-state index contributed by atoms with van der Waals surface area (Å²) in [5.74, 6) is 3.27. The minimum Gasteiger partial charge on any atom is -0.497 e. The van der Waals surface area contributed by atoms with Crippen LogP contribution < -0.4 is 9.46 Å². The van der Waals surface area contributed by atoms with E-state index >= 15 is 0 Å². The van der Waals surface area contributed by atoms with E-state index in [1.807, 2.05) is 0 Å². The van der Waals surface area contributed by atoms with Gasteiger partial charge < -0.3 is 13.6 Å². The molecule has 204 valence electrons. The summed E-state index contributed by atoms with van der Waals surface area (Å²) in [6.07, 6.45) is 6.44. The zero-order valence-electron chi connectivity index (χ0n) is 24.1. The summed E-state index contributed by atoms with van der Waals surface area (Å²) in [4.78, 5) is 0.121. The number of benzene rings is 1. The molecule has 1 aromatic rings. The van der Waals surface area contributed by atoms with Gasteiger partial charge in [0.05, 0.1) is 30.3 Å². The van der Waals surface area contributed by atoms with Gasteiger partial charge in [-0.15, -0.1) is 18.9 Å². The van der Waals surface area contributed by atoms with Gasteiger partial charge in [-0.25, -0.2) is 13.1 Å². The van der Waals surface area contributed by atoms with E-state index in [-0.39, 0.29) is 21.4 Å². The van der Waals surface area contributed by atoms with Crippen molar-refractivity contribution in [2.75, 3.05) is 7.11 Å². The lowest BCUT2D eigenvalue weighted by atomic mass is 10.0. The van der Waals surface area contributed by atoms with Gasteiger partial charge >= 0.3 is 0 Å². The van der Waals surface area contributed by atoms with E-state index in [1.165, 1.54) is 19.2 Å². The van der Waals surface area contributed by atoms with Crippen molar-refractivity contribution >= 4 is 26.7 Å². The van der Waals surface area contributed by atoms with E-state index in [9.17, 15) is 8.42 Å². The van der Waals surface area contributed by atoms with Gasteiger partial charge in [-0.1, -0.05) is 47.6 Å². The van der Waals surface area contributed by atoms with E-state index < -0.39 is 44.9 Å². The van der Waals surface area contributed by atoms with Crippen LogP contribution in [0.3, 0.4) is 0 Å². The smallest absolute Gasteiger partial charge is 0.241 e. The number of sulfonamides is 1. The molecule has 0 spiro atoms. The maximum Gasteiger partial charge on any atom is 0.241 e. The van der Waals surface area contributed by atoms with Crippen molar-refractivity contribution in [3.63, 3.8) is 0 Å². The third-order valence-corrected chi connectivity index (χ3v) is 17.9. The summed E-state index contributed by atoms with van der Waals surface area (Å²) in [7, 11) is -7.02. The summed E-state index contributed by atoms with van der Waals surface area (Å²) in [5.41, 5.74) is 0. The average molecular weight is 554 g/mol. The predicted octanol–water partition coefficient (Wildman–Crippen LogP) is 6.33. The van der Waals surface area contributed by atoms with Gasteiger partial charge in [-0.3, -0.25) is 0 Å². The van der Waals surface area contributed by atoms with Crippen LogP contribution in [0.1, 0.15) is 48.0 Å². The first-order valence-corrected chi connectivity index (χ1v) is 19.6. The quantitative estimate of drug-likeness (QED) is 0.186. The molecule has 1 aromatic carbocycles. The molecule has 3 atom stereocenters. The molecular formula is C27H47NO5SSi2. The number of terminal acetylenes is 1. The second-order valence-corrected chi connectivity index (χ2v) is 23.5. The molecule has 0 aliphatic rings. The average Bonchev–Trinajstić information content (AvgIpc) is 2.74. The zero-order chi connectivity index (χ0) is 28.2. The van der Waals surface area contributed by atoms with E-state index in [1.54, 1.807) is 18.2 Å². The van der Waals surface area contributed by atoms with Gasteiger partial charge in [-0.05, 0) is 60.5 Å². The van der Waals surface area contributed by atoms with E-state index in [0.717, 1.165) is 0 Å². The summed E-state index contributed by atoms with van der Waals surface area (Å²) in [5, 5.41) is -0.182. The van der Waals surface area contributed by atoms with Crippen LogP contribution in [0.4, 0.5) is 0 Å². The first-order valence-electron chi connectivity index (χ1n) is 12.3. The number of methoxy groups -OCH3 is 1. The summed E-state index contributed by atoms with van der Waals surface area (Å²) in [6.45, 7) is 25.4. The molecule has 0 radical (unpaired) electrons. The first-order chi connectivity index (χ1) is 16.2. The minimum absolute atomic E-state index is 0.0877. The van der Waals surface area contributed by atoms with Crippen molar-refractivity contribution in [1.82, 2.24) is 4.72 Å². The Labute approximate surface area is 222 Å². The van der Waals surface area contributed by atoms with Gasteiger partial charge in [0.15, 0.2) is 16.6 Å². The van der Waals surface area contributed by atoms with Crippen molar-refractivity contribution in [3.8, 4) is 18.1 Å². The second-order valence-electron chi connectivity index (χ2n) is 12.2. The summed E-state index contributed by atoms with van der Waals surface area (Å²) < 4.78 is 48.7. The molecule has 0 saturated carbocycles. The van der Waals surface area contributed by atoms with Crippen LogP contribution in [0.25, 0.3) is 0 Å². The van der Waals surface area contributed by atoms with Crippen molar-refractivity contribution < 1.29 is 22.0 Å². The van der Waals surface area contributed by atoms with Crippen LogP contribution in [-0.4, -0.2) is 50.4 Å². The predicted molar refractivity (Wildman–Crippen MR) is 155 cm³/mol. The fourth-order valence-electron chi connectivity index (χ4n) is 3.05. The third kappa shape index (κ3) is 8.30. The molecule has 0 bridgehead atoms. The molecule has 0 amide bonds. The Kier molecular flexibility index (Phi) is 10.8. The fraction of sp³-hybridized carbons (Fsp3) is 0.630. The molecule has 36 heavy (non-hydrogen) atoms. The SMILES string of the molecule is C#CC[C@@H](O[Si](C)(C)C(C)(C)C)[C@H](NS(=O)(=O)c1ccc(OC)cc1)[C@@H](C=C)O[Si](C)(C)C(C)(C)C. The maximum absolute atomic E-state index is 13.6. The lowest BCUT2D eigenvalue weighted by Crippen LogP contribution is -2.58. The number of hydrogen-bond donors (Lipinski definition) is 1. The van der Waals surface area contributed by atoms with Gasteiger partial charge in [0.1, 0.15) is 5.75 Å². The van der Waals surface area contributed by atoms with Crippen LogP contribution in [0.5, 0.6) is 5.75 Å².